The average Bonchev–Trinajstić information content (AvgIpc) is 3.53. The number of rotatable bonds is 8. The Hall–Kier alpha value is -5.22. The quantitative estimate of drug-likeness (QED) is 0.183. The third-order valence-electron chi connectivity index (χ3n) is 5.65. The van der Waals surface area contributed by atoms with Crippen LogP contribution in [0.15, 0.2) is 81.3 Å². The van der Waals surface area contributed by atoms with E-state index >= 15 is 0 Å². The minimum atomic E-state index is -0.682. The number of aromatic nitrogens is 3. The topological polar surface area (TPSA) is 163 Å². The lowest BCUT2D eigenvalue weighted by Crippen LogP contribution is -2.01. The number of hydrogen-bond acceptors (Lipinski definition) is 10. The van der Waals surface area contributed by atoms with Gasteiger partial charge in [0.05, 0.1) is 57.1 Å². The summed E-state index contributed by atoms with van der Waals surface area (Å²) >= 11 is 1.01. The molecule has 0 unspecified atom stereocenters. The van der Waals surface area contributed by atoms with Crippen LogP contribution in [0.4, 0.5) is 11.4 Å². The van der Waals surface area contributed by atoms with Gasteiger partial charge in [-0.3, -0.25) is 20.2 Å². The molecule has 0 saturated heterocycles. The van der Waals surface area contributed by atoms with Crippen molar-refractivity contribution < 1.29 is 19.1 Å². The first-order valence-electron chi connectivity index (χ1n) is 11.0. The zero-order chi connectivity index (χ0) is 26.8. The van der Waals surface area contributed by atoms with Crippen molar-refractivity contribution in [3.63, 3.8) is 0 Å². The number of hydrogen-bond donors (Lipinski definition) is 0. The van der Waals surface area contributed by atoms with Crippen LogP contribution in [0.2, 0.25) is 0 Å². The maximum absolute atomic E-state index is 11.7. The number of nitro groups is 2. The van der Waals surface area contributed by atoms with Crippen LogP contribution in [0.1, 0.15) is 11.3 Å². The van der Waals surface area contributed by atoms with Crippen LogP contribution in [0.5, 0.6) is 5.75 Å². The SMILES string of the molecule is COc1ccc2c(c1)nc(Sc1ccc([N+](=O)[O-])cc1[N+](=O)[O-])n2Cc1cc(-c2ccc(C#N)cc2)no1. The maximum Gasteiger partial charge on any atom is 0.290 e. The second-order valence-electron chi connectivity index (χ2n) is 7.97. The van der Waals surface area contributed by atoms with Crippen molar-refractivity contribution in [1.82, 2.24) is 14.7 Å². The van der Waals surface area contributed by atoms with Crippen LogP contribution in [0, 0.1) is 31.6 Å². The Labute approximate surface area is 218 Å². The van der Waals surface area contributed by atoms with E-state index in [4.69, 9.17) is 14.5 Å². The Balaban J connectivity index is 1.54. The summed E-state index contributed by atoms with van der Waals surface area (Å²) in [5, 5.41) is 36.4. The van der Waals surface area contributed by atoms with E-state index in [1.807, 2.05) is 10.6 Å². The summed E-state index contributed by atoms with van der Waals surface area (Å²) < 4.78 is 12.7. The molecule has 38 heavy (non-hydrogen) atoms. The number of benzene rings is 3. The van der Waals surface area contributed by atoms with Crippen LogP contribution in [0.3, 0.4) is 0 Å². The summed E-state index contributed by atoms with van der Waals surface area (Å²) in [5.41, 5.74) is 2.41. The van der Waals surface area contributed by atoms with Gasteiger partial charge in [0.1, 0.15) is 11.4 Å². The summed E-state index contributed by atoms with van der Waals surface area (Å²) in [6.45, 7) is 0.204. The molecule has 0 bridgehead atoms. The molecule has 0 aliphatic heterocycles. The Morgan fingerprint density at radius 1 is 1.05 bits per heavy atom. The molecule has 3 aromatic carbocycles. The molecule has 0 saturated carbocycles. The van der Waals surface area contributed by atoms with Crippen molar-refractivity contribution in [2.45, 2.75) is 16.6 Å². The predicted octanol–water partition coefficient (Wildman–Crippen LogP) is 5.59. The highest BCUT2D eigenvalue weighted by Gasteiger charge is 2.23. The van der Waals surface area contributed by atoms with Gasteiger partial charge in [0.25, 0.3) is 11.4 Å². The fourth-order valence-electron chi connectivity index (χ4n) is 3.79. The molecule has 188 valence electrons. The van der Waals surface area contributed by atoms with E-state index in [0.717, 1.165) is 23.4 Å². The number of nitro benzene ring substituents is 2. The second kappa shape index (κ2) is 10.0. The smallest absolute Gasteiger partial charge is 0.290 e. The van der Waals surface area contributed by atoms with Gasteiger partial charge in [-0.2, -0.15) is 5.26 Å². The number of fused-ring (bicyclic) bond motifs is 1. The van der Waals surface area contributed by atoms with Crippen molar-refractivity contribution >= 4 is 34.2 Å². The molecule has 2 aromatic heterocycles. The standard InChI is InChI=1S/C25H16N6O6S/c1-36-18-7-8-22-21(11-18)27-25(38-24-9-6-17(30(32)33)10-23(24)31(34)35)29(22)14-19-12-20(28-37-19)16-4-2-15(13-26)3-5-16/h2-12H,14H2,1H3. The molecular formula is C25H16N6O6S. The van der Waals surface area contributed by atoms with Gasteiger partial charge in [0.15, 0.2) is 10.9 Å². The molecule has 2 heterocycles. The molecule has 5 rings (SSSR count). The fraction of sp³-hybridized carbons (Fsp3) is 0.0800. The molecular weight excluding hydrogens is 512 g/mol. The summed E-state index contributed by atoms with van der Waals surface area (Å²) in [6, 6.07) is 19.6. The number of nitriles is 1. The fourth-order valence-corrected chi connectivity index (χ4v) is 4.77. The first-order valence-corrected chi connectivity index (χ1v) is 11.8. The zero-order valence-corrected chi connectivity index (χ0v) is 20.4. The Kier molecular flexibility index (Phi) is 6.46. The maximum atomic E-state index is 11.7. The highest BCUT2D eigenvalue weighted by Crippen LogP contribution is 2.38. The lowest BCUT2D eigenvalue weighted by atomic mass is 10.1. The molecule has 0 fully saturated rings. The lowest BCUT2D eigenvalue weighted by molar-refractivity contribution is -0.396. The van der Waals surface area contributed by atoms with Gasteiger partial charge >= 0.3 is 0 Å². The molecule has 13 heteroatoms. The third-order valence-corrected chi connectivity index (χ3v) is 6.71. The molecule has 0 aliphatic rings. The van der Waals surface area contributed by atoms with Gasteiger partial charge in [0.2, 0.25) is 0 Å². The van der Waals surface area contributed by atoms with Crippen LogP contribution >= 0.6 is 11.8 Å². The van der Waals surface area contributed by atoms with Crippen molar-refractivity contribution in [2.75, 3.05) is 7.11 Å². The molecule has 0 N–H and O–H groups in total. The zero-order valence-electron chi connectivity index (χ0n) is 19.6. The highest BCUT2D eigenvalue weighted by molar-refractivity contribution is 7.99. The molecule has 5 aromatic rings. The summed E-state index contributed by atoms with van der Waals surface area (Å²) in [4.78, 5) is 26.3. The Bertz CT molecular complexity index is 1740. The predicted molar refractivity (Wildman–Crippen MR) is 136 cm³/mol. The summed E-state index contributed by atoms with van der Waals surface area (Å²) in [5.74, 6) is 1.09. The Morgan fingerprint density at radius 2 is 1.84 bits per heavy atom. The summed E-state index contributed by atoms with van der Waals surface area (Å²) in [7, 11) is 1.53. The van der Waals surface area contributed by atoms with Crippen molar-refractivity contribution in [3.8, 4) is 23.1 Å². The minimum Gasteiger partial charge on any atom is -0.497 e. The molecule has 12 nitrogen and oxygen atoms in total. The molecule has 0 atom stereocenters. The monoisotopic (exact) mass is 528 g/mol. The van der Waals surface area contributed by atoms with Crippen LogP contribution < -0.4 is 4.74 Å². The number of nitrogens with zero attached hydrogens (tertiary/aromatic N) is 6. The van der Waals surface area contributed by atoms with E-state index in [1.165, 1.54) is 19.2 Å². The van der Waals surface area contributed by atoms with Crippen molar-refractivity contribution in [2.24, 2.45) is 0 Å². The molecule has 0 radical (unpaired) electrons. The van der Waals surface area contributed by atoms with Crippen LogP contribution in [0.25, 0.3) is 22.3 Å². The van der Waals surface area contributed by atoms with Gasteiger partial charge in [-0.05, 0) is 42.1 Å². The van der Waals surface area contributed by atoms with E-state index in [1.54, 1.807) is 42.5 Å². The van der Waals surface area contributed by atoms with Gasteiger partial charge in [-0.1, -0.05) is 17.3 Å². The van der Waals surface area contributed by atoms with E-state index in [2.05, 4.69) is 16.2 Å². The molecule has 0 spiro atoms. The third kappa shape index (κ3) is 4.75. The largest absolute Gasteiger partial charge is 0.497 e. The van der Waals surface area contributed by atoms with Gasteiger partial charge in [-0.25, -0.2) is 4.98 Å². The number of imidazole rings is 1. The van der Waals surface area contributed by atoms with Gasteiger partial charge in [-0.15, -0.1) is 0 Å². The number of non-ortho nitro benzene ring substituents is 1. The van der Waals surface area contributed by atoms with E-state index in [0.29, 0.717) is 39.0 Å². The average molecular weight is 529 g/mol. The van der Waals surface area contributed by atoms with Gasteiger partial charge in [0, 0.05) is 23.8 Å². The van der Waals surface area contributed by atoms with Crippen LogP contribution in [-0.4, -0.2) is 31.7 Å². The second-order valence-corrected chi connectivity index (χ2v) is 8.98. The lowest BCUT2D eigenvalue weighted by Gasteiger charge is -2.07. The Morgan fingerprint density at radius 3 is 2.53 bits per heavy atom. The van der Waals surface area contributed by atoms with Crippen molar-refractivity contribution in [3.05, 3.63) is 98.3 Å². The number of methoxy groups -OCH3 is 1. The molecule has 0 amide bonds. The normalized spacial score (nSPS) is 10.8. The first-order chi connectivity index (χ1) is 18.4. The van der Waals surface area contributed by atoms with Crippen molar-refractivity contribution in [1.29, 1.82) is 5.26 Å². The van der Waals surface area contributed by atoms with E-state index < -0.39 is 15.5 Å². The van der Waals surface area contributed by atoms with E-state index in [-0.39, 0.29) is 17.1 Å². The first kappa shape index (κ1) is 24.5. The summed E-state index contributed by atoms with van der Waals surface area (Å²) in [6.07, 6.45) is 0. The van der Waals surface area contributed by atoms with Gasteiger partial charge < -0.3 is 13.8 Å². The molecule has 0 aliphatic carbocycles. The van der Waals surface area contributed by atoms with E-state index in [9.17, 15) is 20.2 Å². The minimum absolute atomic E-state index is 0.194. The number of ether oxygens (including phenoxy) is 1. The highest BCUT2D eigenvalue weighted by atomic mass is 32.2. The van der Waals surface area contributed by atoms with Crippen LogP contribution in [-0.2, 0) is 6.54 Å².